The van der Waals surface area contributed by atoms with Gasteiger partial charge in [-0.1, -0.05) is 23.2 Å². The van der Waals surface area contributed by atoms with Crippen molar-refractivity contribution in [2.75, 3.05) is 19.1 Å². The van der Waals surface area contributed by atoms with E-state index in [1.807, 2.05) is 0 Å². The first kappa shape index (κ1) is 26.3. The van der Waals surface area contributed by atoms with Gasteiger partial charge in [-0.3, -0.25) is 14.5 Å². The van der Waals surface area contributed by atoms with Gasteiger partial charge in [0, 0.05) is 23.2 Å². The van der Waals surface area contributed by atoms with Crippen molar-refractivity contribution in [3.05, 3.63) is 68.1 Å². The third kappa shape index (κ3) is 6.02. The maximum Gasteiger partial charge on any atom is 0.347 e. The molecule has 1 atom stereocenters. The van der Waals surface area contributed by atoms with E-state index in [9.17, 15) is 14.4 Å². The molecule has 9 nitrogen and oxygen atoms in total. The van der Waals surface area contributed by atoms with Crippen molar-refractivity contribution in [1.29, 1.82) is 0 Å². The van der Waals surface area contributed by atoms with Gasteiger partial charge in [0.2, 0.25) is 5.91 Å². The molecule has 0 radical (unpaired) electrons. The molecule has 0 aliphatic rings. The van der Waals surface area contributed by atoms with Crippen LogP contribution in [0.5, 0.6) is 11.5 Å². The van der Waals surface area contributed by atoms with Gasteiger partial charge < -0.3 is 20.3 Å². The maximum atomic E-state index is 13.7. The number of nitrogens with two attached hydrogens (primary N) is 1. The molecule has 3 N–H and O–H groups in total. The Bertz CT molecular complexity index is 1270. The molecule has 1 aromatic heterocycles. The maximum absolute atomic E-state index is 13.7. The van der Waals surface area contributed by atoms with Crippen molar-refractivity contribution in [3.8, 4) is 11.5 Å². The molecule has 0 aliphatic carbocycles. The largest absolute Gasteiger partial charge is 0.493 e. The van der Waals surface area contributed by atoms with Crippen LogP contribution < -0.4 is 20.1 Å². The Balaban J connectivity index is 2.05. The highest BCUT2D eigenvalue weighted by atomic mass is 35.5. The van der Waals surface area contributed by atoms with Crippen LogP contribution in [0.3, 0.4) is 0 Å². The number of carbonyl (C=O) groups is 3. The molecule has 3 rings (SSSR count). The molecule has 0 fully saturated rings. The SMILES string of the molecule is COc1ccc(N(C(=O)c2ccc(Cl)cc2Cl)C(CCc2ncc(C(=O)O)s2)C(N)=O)cc1OC. The lowest BCUT2D eigenvalue weighted by Crippen LogP contribution is -2.48. The molecule has 0 spiro atoms. The summed E-state index contributed by atoms with van der Waals surface area (Å²) in [4.78, 5) is 42.9. The van der Waals surface area contributed by atoms with Crippen LogP contribution in [-0.2, 0) is 11.2 Å². The summed E-state index contributed by atoms with van der Waals surface area (Å²) in [6.07, 6.45) is 1.52. The van der Waals surface area contributed by atoms with Gasteiger partial charge >= 0.3 is 5.97 Å². The third-order valence-electron chi connectivity index (χ3n) is 5.06. The van der Waals surface area contributed by atoms with Gasteiger partial charge in [-0.25, -0.2) is 9.78 Å². The predicted octanol–water partition coefficient (Wildman–Crippen LogP) is 4.30. The van der Waals surface area contributed by atoms with Crippen molar-refractivity contribution in [3.63, 3.8) is 0 Å². The van der Waals surface area contributed by atoms with E-state index in [0.29, 0.717) is 27.2 Å². The van der Waals surface area contributed by atoms with Crippen molar-refractivity contribution in [2.45, 2.75) is 18.9 Å². The molecule has 0 saturated carbocycles. The van der Waals surface area contributed by atoms with E-state index in [1.165, 1.54) is 43.5 Å². The number of primary amides is 1. The second-order valence-electron chi connectivity index (χ2n) is 7.22. The quantitative estimate of drug-likeness (QED) is 0.393. The van der Waals surface area contributed by atoms with Crippen LogP contribution >= 0.6 is 34.5 Å². The van der Waals surface area contributed by atoms with Gasteiger partial charge in [-0.05, 0) is 36.8 Å². The number of amides is 2. The number of ether oxygens (including phenoxy) is 2. The molecule has 35 heavy (non-hydrogen) atoms. The van der Waals surface area contributed by atoms with Gasteiger partial charge in [0.25, 0.3) is 5.91 Å². The molecule has 3 aromatic rings. The fourth-order valence-electron chi connectivity index (χ4n) is 3.39. The Morgan fingerprint density at radius 3 is 2.40 bits per heavy atom. The summed E-state index contributed by atoms with van der Waals surface area (Å²) < 4.78 is 10.6. The Kier molecular flexibility index (Phi) is 8.55. The highest BCUT2D eigenvalue weighted by molar-refractivity contribution is 7.13. The topological polar surface area (TPSA) is 132 Å². The molecular weight excluding hydrogens is 517 g/mol. The fraction of sp³-hybridized carbons (Fsp3) is 0.217. The van der Waals surface area contributed by atoms with Crippen LogP contribution in [0, 0.1) is 0 Å². The zero-order valence-electron chi connectivity index (χ0n) is 18.7. The number of anilines is 1. The standard InChI is InChI=1S/C23H21Cl2N3O6S/c1-33-17-7-4-13(10-18(17)34-2)28(22(30)14-5-3-12(24)9-15(14)25)16(21(26)29)6-8-20-27-11-19(35-20)23(31)32/h3-5,7,9-11,16H,6,8H2,1-2H3,(H2,26,29)(H,31,32). The number of hydrogen-bond donors (Lipinski definition) is 2. The summed E-state index contributed by atoms with van der Waals surface area (Å²) in [5.74, 6) is -1.70. The van der Waals surface area contributed by atoms with Gasteiger partial charge in [0.1, 0.15) is 10.9 Å². The minimum Gasteiger partial charge on any atom is -0.493 e. The number of rotatable bonds is 10. The molecule has 0 saturated heterocycles. The summed E-state index contributed by atoms with van der Waals surface area (Å²) in [6, 6.07) is 7.99. The summed E-state index contributed by atoms with van der Waals surface area (Å²) >= 11 is 13.3. The minimum absolute atomic E-state index is 0.0661. The number of benzene rings is 2. The average Bonchev–Trinajstić information content (AvgIpc) is 3.30. The summed E-state index contributed by atoms with van der Waals surface area (Å²) in [5.41, 5.74) is 6.17. The second kappa shape index (κ2) is 11.4. The predicted molar refractivity (Wildman–Crippen MR) is 133 cm³/mol. The Labute approximate surface area is 215 Å². The number of carboxylic acids is 1. The number of halogens is 2. The molecule has 184 valence electrons. The van der Waals surface area contributed by atoms with Gasteiger partial charge in [-0.2, -0.15) is 0 Å². The Morgan fingerprint density at radius 2 is 1.83 bits per heavy atom. The molecule has 2 amide bonds. The third-order valence-corrected chi connectivity index (χ3v) is 6.65. The number of thiazole rings is 1. The van der Waals surface area contributed by atoms with Crippen molar-refractivity contribution >= 4 is 58.0 Å². The van der Waals surface area contributed by atoms with E-state index in [0.717, 1.165) is 11.3 Å². The first-order valence-electron chi connectivity index (χ1n) is 10.1. The molecule has 0 aliphatic heterocycles. The lowest BCUT2D eigenvalue weighted by Gasteiger charge is -2.30. The van der Waals surface area contributed by atoms with E-state index in [1.54, 1.807) is 18.2 Å². The number of aromatic carboxylic acids is 1. The van der Waals surface area contributed by atoms with E-state index in [4.69, 9.17) is 43.5 Å². The fourth-order valence-corrected chi connectivity index (χ4v) is 4.65. The number of nitrogens with zero attached hydrogens (tertiary/aromatic N) is 2. The first-order valence-corrected chi connectivity index (χ1v) is 11.7. The number of methoxy groups -OCH3 is 2. The zero-order valence-corrected chi connectivity index (χ0v) is 21.0. The van der Waals surface area contributed by atoms with Crippen LogP contribution in [-0.4, -0.2) is 48.1 Å². The van der Waals surface area contributed by atoms with E-state index in [-0.39, 0.29) is 28.3 Å². The number of aryl methyl sites for hydroxylation is 1. The van der Waals surface area contributed by atoms with Gasteiger partial charge in [0.05, 0.1) is 36.0 Å². The lowest BCUT2D eigenvalue weighted by atomic mass is 10.0. The van der Waals surface area contributed by atoms with Gasteiger partial charge in [0.15, 0.2) is 11.5 Å². The van der Waals surface area contributed by atoms with Crippen molar-refractivity contribution in [1.82, 2.24) is 4.98 Å². The molecule has 12 heteroatoms. The highest BCUT2D eigenvalue weighted by Gasteiger charge is 2.32. The molecule has 2 aromatic carbocycles. The average molecular weight is 538 g/mol. The van der Waals surface area contributed by atoms with Crippen LogP contribution in [0.2, 0.25) is 10.0 Å². The molecule has 0 bridgehead atoms. The normalized spacial score (nSPS) is 11.5. The monoisotopic (exact) mass is 537 g/mol. The van der Waals surface area contributed by atoms with Gasteiger partial charge in [-0.15, -0.1) is 11.3 Å². The highest BCUT2D eigenvalue weighted by Crippen LogP contribution is 2.34. The number of hydrogen-bond acceptors (Lipinski definition) is 7. The summed E-state index contributed by atoms with van der Waals surface area (Å²) in [5, 5.41) is 10.1. The smallest absolute Gasteiger partial charge is 0.347 e. The second-order valence-corrected chi connectivity index (χ2v) is 9.18. The molecular formula is C23H21Cl2N3O6S. The Morgan fingerprint density at radius 1 is 1.11 bits per heavy atom. The first-order chi connectivity index (χ1) is 16.7. The van der Waals surface area contributed by atoms with E-state index < -0.39 is 23.8 Å². The minimum atomic E-state index is -1.12. The van der Waals surface area contributed by atoms with Crippen LogP contribution in [0.15, 0.2) is 42.6 Å². The Hall–Kier alpha value is -3.34. The molecule has 1 heterocycles. The van der Waals surface area contributed by atoms with Crippen molar-refractivity contribution < 1.29 is 29.0 Å². The number of carboxylic acid groups (broad SMARTS) is 1. The van der Waals surface area contributed by atoms with Crippen LogP contribution in [0.25, 0.3) is 0 Å². The van der Waals surface area contributed by atoms with E-state index >= 15 is 0 Å². The molecule has 1 unspecified atom stereocenters. The summed E-state index contributed by atoms with van der Waals surface area (Å²) in [6.45, 7) is 0. The van der Waals surface area contributed by atoms with Crippen LogP contribution in [0.1, 0.15) is 31.5 Å². The number of carbonyl (C=O) groups excluding carboxylic acids is 2. The lowest BCUT2D eigenvalue weighted by molar-refractivity contribution is -0.119. The summed E-state index contributed by atoms with van der Waals surface area (Å²) in [7, 11) is 2.91. The van der Waals surface area contributed by atoms with Crippen LogP contribution in [0.4, 0.5) is 5.69 Å². The van der Waals surface area contributed by atoms with Crippen molar-refractivity contribution in [2.24, 2.45) is 5.73 Å². The zero-order chi connectivity index (χ0) is 25.7. The van der Waals surface area contributed by atoms with E-state index in [2.05, 4.69) is 4.98 Å². The number of aromatic nitrogens is 1.